The van der Waals surface area contributed by atoms with E-state index >= 15 is 0 Å². The average molecular weight is 340 g/mol. The summed E-state index contributed by atoms with van der Waals surface area (Å²) in [6.45, 7) is 1.55. The van der Waals surface area contributed by atoms with Gasteiger partial charge in [-0.1, -0.05) is 11.6 Å². The average Bonchev–Trinajstić information content (AvgIpc) is 2.25. The van der Waals surface area contributed by atoms with Crippen molar-refractivity contribution >= 4 is 34.2 Å². The molecule has 1 aliphatic rings. The van der Waals surface area contributed by atoms with Crippen molar-refractivity contribution in [1.82, 2.24) is 4.98 Å². The van der Waals surface area contributed by atoms with Crippen LogP contribution in [0.2, 0.25) is 5.02 Å². The van der Waals surface area contributed by atoms with Crippen LogP contribution in [-0.2, 0) is 4.74 Å². The van der Waals surface area contributed by atoms with Crippen LogP contribution in [0, 0.1) is 3.57 Å². The van der Waals surface area contributed by atoms with Gasteiger partial charge in [0.25, 0.3) is 0 Å². The molecule has 1 saturated heterocycles. The van der Waals surface area contributed by atoms with Gasteiger partial charge in [0, 0.05) is 22.5 Å². The maximum atomic E-state index is 5.88. The number of rotatable bonds is 2. The molecule has 0 radical (unpaired) electrons. The summed E-state index contributed by atoms with van der Waals surface area (Å²) < 4.78 is 12.0. The van der Waals surface area contributed by atoms with Crippen molar-refractivity contribution in [2.24, 2.45) is 0 Å². The highest BCUT2D eigenvalue weighted by Crippen LogP contribution is 2.22. The van der Waals surface area contributed by atoms with E-state index in [2.05, 4.69) is 27.6 Å². The van der Waals surface area contributed by atoms with Gasteiger partial charge < -0.3 is 9.47 Å². The fourth-order valence-electron chi connectivity index (χ4n) is 1.43. The third kappa shape index (κ3) is 3.19. The van der Waals surface area contributed by atoms with E-state index in [4.69, 9.17) is 21.1 Å². The fraction of sp³-hybridized carbons (Fsp3) is 0.500. The minimum absolute atomic E-state index is 0.225. The zero-order valence-corrected chi connectivity index (χ0v) is 11.0. The van der Waals surface area contributed by atoms with Crippen molar-refractivity contribution in [3.05, 3.63) is 20.9 Å². The number of pyridine rings is 1. The Kier molecular flexibility index (Phi) is 4.05. The van der Waals surface area contributed by atoms with E-state index in [-0.39, 0.29) is 6.10 Å². The first-order chi connectivity index (χ1) is 7.25. The maximum absolute atomic E-state index is 5.88. The Hall–Kier alpha value is -0.0700. The molecule has 0 bridgehead atoms. The molecule has 0 aromatic carbocycles. The van der Waals surface area contributed by atoms with Crippen LogP contribution in [0.5, 0.6) is 5.88 Å². The van der Waals surface area contributed by atoms with Gasteiger partial charge in [-0.3, -0.25) is 0 Å². The van der Waals surface area contributed by atoms with Crippen molar-refractivity contribution in [2.45, 2.75) is 18.9 Å². The smallest absolute Gasteiger partial charge is 0.214 e. The van der Waals surface area contributed by atoms with Gasteiger partial charge in [0.2, 0.25) is 5.88 Å². The molecule has 5 heteroatoms. The van der Waals surface area contributed by atoms with E-state index in [0.29, 0.717) is 10.9 Å². The third-order valence-electron chi connectivity index (χ3n) is 2.24. The van der Waals surface area contributed by atoms with Gasteiger partial charge in [-0.2, -0.15) is 0 Å². The van der Waals surface area contributed by atoms with Crippen molar-refractivity contribution in [2.75, 3.05) is 13.2 Å². The van der Waals surface area contributed by atoms with Gasteiger partial charge in [0.1, 0.15) is 6.10 Å². The Morgan fingerprint density at radius 1 is 1.47 bits per heavy atom. The van der Waals surface area contributed by atoms with Gasteiger partial charge >= 0.3 is 0 Å². The van der Waals surface area contributed by atoms with Gasteiger partial charge in [-0.25, -0.2) is 4.98 Å². The zero-order chi connectivity index (χ0) is 10.7. The van der Waals surface area contributed by atoms with Crippen molar-refractivity contribution in [3.63, 3.8) is 0 Å². The summed E-state index contributed by atoms with van der Waals surface area (Å²) >= 11 is 8.05. The summed E-state index contributed by atoms with van der Waals surface area (Å²) in [4.78, 5) is 4.13. The predicted octanol–water partition coefficient (Wildman–Crippen LogP) is 2.90. The molecule has 15 heavy (non-hydrogen) atoms. The van der Waals surface area contributed by atoms with E-state index < -0.39 is 0 Å². The molecule has 0 unspecified atom stereocenters. The summed E-state index contributed by atoms with van der Waals surface area (Å²) in [6, 6.07) is 1.86. The second kappa shape index (κ2) is 5.32. The van der Waals surface area contributed by atoms with Gasteiger partial charge in [-0.05, 0) is 22.6 Å². The number of hydrogen-bond acceptors (Lipinski definition) is 3. The van der Waals surface area contributed by atoms with Crippen LogP contribution in [0.4, 0.5) is 0 Å². The highest BCUT2D eigenvalue weighted by molar-refractivity contribution is 14.1. The second-order valence-electron chi connectivity index (χ2n) is 3.37. The van der Waals surface area contributed by atoms with E-state index in [1.54, 1.807) is 6.20 Å². The highest BCUT2D eigenvalue weighted by atomic mass is 127. The molecule has 2 heterocycles. The first kappa shape index (κ1) is 11.4. The quantitative estimate of drug-likeness (QED) is 0.777. The molecule has 0 N–H and O–H groups in total. The number of ether oxygens (including phenoxy) is 2. The van der Waals surface area contributed by atoms with Crippen molar-refractivity contribution < 1.29 is 9.47 Å². The minimum Gasteiger partial charge on any atom is -0.474 e. The van der Waals surface area contributed by atoms with E-state index in [1.165, 1.54) is 0 Å². The molecule has 3 nitrogen and oxygen atoms in total. The fourth-order valence-corrected chi connectivity index (χ4v) is 1.93. The molecule has 1 aromatic heterocycles. The molecule has 1 aromatic rings. The molecular weight excluding hydrogens is 328 g/mol. The Morgan fingerprint density at radius 2 is 2.20 bits per heavy atom. The van der Waals surface area contributed by atoms with Gasteiger partial charge in [0.05, 0.1) is 24.4 Å². The lowest BCUT2D eigenvalue weighted by atomic mass is 10.2. The minimum atomic E-state index is 0.225. The molecule has 0 aliphatic carbocycles. The normalized spacial score (nSPS) is 17.7. The topological polar surface area (TPSA) is 31.4 Å². The van der Waals surface area contributed by atoms with Crippen LogP contribution < -0.4 is 4.74 Å². The maximum Gasteiger partial charge on any atom is 0.214 e. The highest BCUT2D eigenvalue weighted by Gasteiger charge is 2.16. The van der Waals surface area contributed by atoms with Gasteiger partial charge in [0.15, 0.2) is 0 Å². The Bertz CT molecular complexity index is 342. The lowest BCUT2D eigenvalue weighted by Crippen LogP contribution is -2.26. The predicted molar refractivity (Wildman–Crippen MR) is 66.4 cm³/mol. The first-order valence-corrected chi connectivity index (χ1v) is 6.27. The van der Waals surface area contributed by atoms with Gasteiger partial charge in [-0.15, -0.1) is 0 Å². The molecule has 1 fully saturated rings. The number of halogens is 2. The van der Waals surface area contributed by atoms with Crippen molar-refractivity contribution in [3.8, 4) is 5.88 Å². The third-order valence-corrected chi connectivity index (χ3v) is 3.75. The van der Waals surface area contributed by atoms with E-state index in [9.17, 15) is 0 Å². The van der Waals surface area contributed by atoms with Crippen LogP contribution in [0.1, 0.15) is 12.8 Å². The SMILES string of the molecule is Clc1cnc(OC2CCOCC2)cc1I. The largest absolute Gasteiger partial charge is 0.474 e. The molecule has 0 spiro atoms. The summed E-state index contributed by atoms with van der Waals surface area (Å²) in [5.41, 5.74) is 0. The molecule has 1 aliphatic heterocycles. The van der Waals surface area contributed by atoms with Crippen LogP contribution in [0.25, 0.3) is 0 Å². The van der Waals surface area contributed by atoms with E-state index in [0.717, 1.165) is 29.6 Å². The standard InChI is InChI=1S/C10H11ClINO2/c11-8-6-13-10(5-9(8)12)15-7-1-3-14-4-2-7/h5-7H,1-4H2. The Morgan fingerprint density at radius 3 is 2.87 bits per heavy atom. The van der Waals surface area contributed by atoms with E-state index in [1.807, 2.05) is 6.07 Å². The summed E-state index contributed by atoms with van der Waals surface area (Å²) in [5, 5.41) is 0.662. The summed E-state index contributed by atoms with van der Waals surface area (Å²) in [6.07, 6.45) is 3.71. The van der Waals surface area contributed by atoms with Crippen LogP contribution >= 0.6 is 34.2 Å². The second-order valence-corrected chi connectivity index (χ2v) is 4.94. The first-order valence-electron chi connectivity index (χ1n) is 4.81. The molecule has 2 rings (SSSR count). The molecule has 0 amide bonds. The van der Waals surface area contributed by atoms with Crippen molar-refractivity contribution in [1.29, 1.82) is 0 Å². The number of aromatic nitrogens is 1. The zero-order valence-electron chi connectivity index (χ0n) is 8.08. The Labute approximate surface area is 107 Å². The Balaban J connectivity index is 2.00. The molecule has 0 saturated carbocycles. The number of nitrogens with zero attached hydrogens (tertiary/aromatic N) is 1. The monoisotopic (exact) mass is 339 g/mol. The summed E-state index contributed by atoms with van der Waals surface area (Å²) in [5.74, 6) is 0.649. The molecule has 0 atom stereocenters. The summed E-state index contributed by atoms with van der Waals surface area (Å²) in [7, 11) is 0. The lowest BCUT2D eigenvalue weighted by molar-refractivity contribution is 0.0237. The number of hydrogen-bond donors (Lipinski definition) is 0. The molecular formula is C10H11ClINO2. The van der Waals surface area contributed by atoms with Crippen LogP contribution in [0.15, 0.2) is 12.3 Å². The van der Waals surface area contributed by atoms with Crippen LogP contribution in [-0.4, -0.2) is 24.3 Å². The lowest BCUT2D eigenvalue weighted by Gasteiger charge is -2.22. The van der Waals surface area contributed by atoms with Crippen LogP contribution in [0.3, 0.4) is 0 Å². The molecule has 82 valence electrons.